The summed E-state index contributed by atoms with van der Waals surface area (Å²) in [7, 11) is 1.73. The monoisotopic (exact) mass is 396 g/mol. The molecule has 0 bridgehead atoms. The zero-order valence-electron chi connectivity index (χ0n) is 16.8. The number of nitrogens with zero attached hydrogens (tertiary/aromatic N) is 1. The van der Waals surface area contributed by atoms with Gasteiger partial charge in [0.15, 0.2) is 0 Å². The van der Waals surface area contributed by atoms with Gasteiger partial charge in [0.25, 0.3) is 0 Å². The molecule has 2 aromatic rings. The molecular weight excluding hydrogens is 368 g/mol. The zero-order chi connectivity index (χ0) is 20.1. The van der Waals surface area contributed by atoms with Crippen molar-refractivity contribution in [3.63, 3.8) is 0 Å². The number of carbonyl (C=O) groups excluding carboxylic acids is 1. The summed E-state index contributed by atoms with van der Waals surface area (Å²) in [6.45, 7) is 2.72. The minimum Gasteiger partial charge on any atom is -0.457 e. The number of hydrogen-bond donors (Lipinski definition) is 1. The molecule has 2 heterocycles. The van der Waals surface area contributed by atoms with E-state index in [1.54, 1.807) is 7.11 Å². The molecule has 6 heteroatoms. The number of anilines is 1. The Bertz CT molecular complexity index is 803. The molecular formula is C23H28N2O4. The van der Waals surface area contributed by atoms with Crippen LogP contribution in [0.2, 0.25) is 0 Å². The fourth-order valence-electron chi connectivity index (χ4n) is 4.24. The van der Waals surface area contributed by atoms with E-state index in [0.717, 1.165) is 49.6 Å². The lowest BCUT2D eigenvalue weighted by Gasteiger charge is -2.44. The van der Waals surface area contributed by atoms with Crippen molar-refractivity contribution in [3.8, 4) is 11.5 Å². The number of benzene rings is 2. The van der Waals surface area contributed by atoms with Crippen LogP contribution in [0.3, 0.4) is 0 Å². The number of nitrogens with one attached hydrogen (secondary N) is 1. The number of para-hydroxylation sites is 1. The molecule has 0 unspecified atom stereocenters. The topological polar surface area (TPSA) is 60.0 Å². The van der Waals surface area contributed by atoms with Crippen molar-refractivity contribution in [1.29, 1.82) is 0 Å². The summed E-state index contributed by atoms with van der Waals surface area (Å²) in [5, 5.41) is 2.97. The molecule has 0 saturated carbocycles. The minimum absolute atomic E-state index is 0.0148. The Morgan fingerprint density at radius 1 is 1.14 bits per heavy atom. The molecule has 1 spiro atoms. The van der Waals surface area contributed by atoms with Crippen molar-refractivity contribution in [2.45, 2.75) is 31.0 Å². The first kappa shape index (κ1) is 19.9. The summed E-state index contributed by atoms with van der Waals surface area (Å²) < 4.78 is 17.5. The number of amides is 1. The van der Waals surface area contributed by atoms with Crippen molar-refractivity contribution in [3.05, 3.63) is 54.6 Å². The van der Waals surface area contributed by atoms with Gasteiger partial charge >= 0.3 is 0 Å². The van der Waals surface area contributed by atoms with Gasteiger partial charge in [0.1, 0.15) is 11.5 Å². The molecule has 2 aliphatic rings. The van der Waals surface area contributed by atoms with Crippen LogP contribution in [0.1, 0.15) is 19.3 Å². The Labute approximate surface area is 171 Å². The summed E-state index contributed by atoms with van der Waals surface area (Å²) in [5.74, 6) is 1.49. The molecule has 0 aromatic heterocycles. The van der Waals surface area contributed by atoms with E-state index in [1.807, 2.05) is 54.6 Å². The van der Waals surface area contributed by atoms with Gasteiger partial charge in [0.2, 0.25) is 5.91 Å². The van der Waals surface area contributed by atoms with E-state index in [-0.39, 0.29) is 17.6 Å². The van der Waals surface area contributed by atoms with E-state index in [2.05, 4.69) is 10.2 Å². The van der Waals surface area contributed by atoms with Crippen LogP contribution in [0, 0.1) is 0 Å². The van der Waals surface area contributed by atoms with Gasteiger partial charge in [0.05, 0.1) is 18.2 Å². The van der Waals surface area contributed by atoms with Gasteiger partial charge in [-0.3, -0.25) is 9.69 Å². The summed E-state index contributed by atoms with van der Waals surface area (Å²) in [5.41, 5.74) is 0.599. The fraction of sp³-hybridized carbons (Fsp3) is 0.435. The number of likely N-dealkylation sites (tertiary alicyclic amines) is 1. The molecule has 2 atom stereocenters. The molecule has 2 fully saturated rings. The van der Waals surface area contributed by atoms with Crippen molar-refractivity contribution >= 4 is 11.6 Å². The number of carbonyl (C=O) groups is 1. The molecule has 6 nitrogen and oxygen atoms in total. The highest BCUT2D eigenvalue weighted by atomic mass is 16.5. The van der Waals surface area contributed by atoms with Gasteiger partial charge in [-0.2, -0.15) is 0 Å². The van der Waals surface area contributed by atoms with E-state index >= 15 is 0 Å². The molecule has 2 aromatic carbocycles. The highest BCUT2D eigenvalue weighted by Gasteiger charge is 2.46. The SMILES string of the molecule is CO[C@@H]1CN(CC(=O)Nc2ccc(Oc3ccccc3)cc2)CC[C@]12CCCO2. The van der Waals surface area contributed by atoms with E-state index in [9.17, 15) is 4.79 Å². The van der Waals surface area contributed by atoms with Gasteiger partial charge < -0.3 is 19.5 Å². The predicted molar refractivity (Wildman–Crippen MR) is 111 cm³/mol. The second-order valence-corrected chi connectivity index (χ2v) is 7.71. The van der Waals surface area contributed by atoms with Crippen LogP contribution in [0.5, 0.6) is 11.5 Å². The van der Waals surface area contributed by atoms with Gasteiger partial charge in [0, 0.05) is 32.5 Å². The minimum atomic E-state index is -0.156. The van der Waals surface area contributed by atoms with Gasteiger partial charge in [-0.15, -0.1) is 0 Å². The van der Waals surface area contributed by atoms with Gasteiger partial charge in [-0.1, -0.05) is 18.2 Å². The molecule has 29 heavy (non-hydrogen) atoms. The molecule has 154 valence electrons. The highest BCUT2D eigenvalue weighted by Crippen LogP contribution is 2.37. The number of rotatable bonds is 6. The van der Waals surface area contributed by atoms with Crippen LogP contribution in [-0.2, 0) is 14.3 Å². The Balaban J connectivity index is 1.28. The predicted octanol–water partition coefficient (Wildman–Crippen LogP) is 3.69. The van der Waals surface area contributed by atoms with Crippen LogP contribution >= 0.6 is 0 Å². The Morgan fingerprint density at radius 2 is 1.90 bits per heavy atom. The molecule has 1 N–H and O–H groups in total. The average molecular weight is 396 g/mol. The highest BCUT2D eigenvalue weighted by molar-refractivity contribution is 5.92. The second-order valence-electron chi connectivity index (χ2n) is 7.71. The second kappa shape index (κ2) is 8.95. The number of methoxy groups -OCH3 is 1. The first-order chi connectivity index (χ1) is 14.2. The Kier molecular flexibility index (Phi) is 6.13. The number of hydrogen-bond acceptors (Lipinski definition) is 5. The first-order valence-electron chi connectivity index (χ1n) is 10.2. The quantitative estimate of drug-likeness (QED) is 0.807. The van der Waals surface area contributed by atoms with Crippen LogP contribution in [0.15, 0.2) is 54.6 Å². The maximum absolute atomic E-state index is 12.5. The summed E-state index contributed by atoms with van der Waals surface area (Å²) in [4.78, 5) is 14.7. The van der Waals surface area contributed by atoms with E-state index in [1.165, 1.54) is 0 Å². The lowest BCUT2D eigenvalue weighted by Crippen LogP contribution is -2.57. The van der Waals surface area contributed by atoms with E-state index in [4.69, 9.17) is 14.2 Å². The molecule has 0 aliphatic carbocycles. The maximum Gasteiger partial charge on any atom is 0.238 e. The van der Waals surface area contributed by atoms with Crippen LogP contribution < -0.4 is 10.1 Å². The Morgan fingerprint density at radius 3 is 2.59 bits per heavy atom. The van der Waals surface area contributed by atoms with E-state index in [0.29, 0.717) is 13.1 Å². The molecule has 4 rings (SSSR count). The van der Waals surface area contributed by atoms with Crippen molar-refractivity contribution in [2.24, 2.45) is 0 Å². The standard InChI is InChI=1S/C23H28N2O4/c1-27-21-16-25(14-13-23(21)12-5-15-28-23)17-22(26)24-18-8-10-20(11-9-18)29-19-6-3-2-4-7-19/h2-4,6-11,21H,5,12-17H2,1H3,(H,24,26)/t21-,23-/m1/s1. The summed E-state index contributed by atoms with van der Waals surface area (Å²) in [6.07, 6.45) is 3.05. The molecule has 2 aliphatic heterocycles. The third-order valence-electron chi connectivity index (χ3n) is 5.76. The summed E-state index contributed by atoms with van der Waals surface area (Å²) in [6, 6.07) is 17.0. The van der Waals surface area contributed by atoms with Crippen LogP contribution in [0.25, 0.3) is 0 Å². The molecule has 2 saturated heterocycles. The van der Waals surface area contributed by atoms with Crippen LogP contribution in [-0.4, -0.2) is 55.9 Å². The Hall–Kier alpha value is -2.41. The smallest absolute Gasteiger partial charge is 0.238 e. The van der Waals surface area contributed by atoms with Crippen molar-refractivity contribution in [2.75, 3.05) is 38.7 Å². The summed E-state index contributed by atoms with van der Waals surface area (Å²) >= 11 is 0. The average Bonchev–Trinajstić information content (AvgIpc) is 3.21. The lowest BCUT2D eigenvalue weighted by atomic mass is 9.86. The van der Waals surface area contributed by atoms with Gasteiger partial charge in [-0.25, -0.2) is 0 Å². The third-order valence-corrected chi connectivity index (χ3v) is 5.76. The van der Waals surface area contributed by atoms with Crippen molar-refractivity contribution < 1.29 is 19.0 Å². The third kappa shape index (κ3) is 4.78. The number of ether oxygens (including phenoxy) is 3. The molecule has 0 radical (unpaired) electrons. The van der Waals surface area contributed by atoms with Crippen molar-refractivity contribution in [1.82, 2.24) is 4.90 Å². The van der Waals surface area contributed by atoms with E-state index < -0.39 is 0 Å². The van der Waals surface area contributed by atoms with Gasteiger partial charge in [-0.05, 0) is 55.7 Å². The molecule has 1 amide bonds. The lowest BCUT2D eigenvalue weighted by molar-refractivity contribution is -0.145. The maximum atomic E-state index is 12.5. The zero-order valence-corrected chi connectivity index (χ0v) is 16.8. The first-order valence-corrected chi connectivity index (χ1v) is 10.2. The largest absolute Gasteiger partial charge is 0.457 e. The fourth-order valence-corrected chi connectivity index (χ4v) is 4.24. The number of piperidine rings is 1. The normalized spacial score (nSPS) is 24.5. The van der Waals surface area contributed by atoms with Crippen LogP contribution in [0.4, 0.5) is 5.69 Å².